The van der Waals surface area contributed by atoms with E-state index in [-0.39, 0.29) is 31.1 Å². The lowest BCUT2D eigenvalue weighted by Crippen LogP contribution is -2.63. The highest BCUT2D eigenvalue weighted by molar-refractivity contribution is 6.31. The summed E-state index contributed by atoms with van der Waals surface area (Å²) < 4.78 is 50.1. The first-order valence-corrected chi connectivity index (χ1v) is 13.2. The number of nitrogens with zero attached hydrogens (tertiary/aromatic N) is 2. The van der Waals surface area contributed by atoms with Gasteiger partial charge in [-0.15, -0.1) is 0 Å². The summed E-state index contributed by atoms with van der Waals surface area (Å²) >= 11 is 0. The Labute approximate surface area is 234 Å². The highest BCUT2D eigenvalue weighted by Crippen LogP contribution is 2.51. The third-order valence-electron chi connectivity index (χ3n) is 7.68. The maximum absolute atomic E-state index is 13.5. The molecule has 9 nitrogen and oxygen atoms in total. The molecule has 0 unspecified atom stereocenters. The Morgan fingerprint density at radius 2 is 1.29 bits per heavy atom. The number of likely N-dealkylation sites (tertiary alicyclic amines) is 1. The fourth-order valence-electron chi connectivity index (χ4n) is 5.60. The third kappa shape index (κ3) is 4.81. The van der Waals surface area contributed by atoms with Gasteiger partial charge in [0.15, 0.2) is 0 Å². The van der Waals surface area contributed by atoms with Crippen LogP contribution in [-0.2, 0) is 28.5 Å². The standard InChI is InChI=1S/C30H26F2N2O7/c31-22-10-6-20(7-11-22)25(21-8-12-23(32)13-9-21)38-19-18-33-16-14-29(15-17-33)30(39-26(35)27(36)40-30)34(28(37)41-29)24-4-2-1-3-5-24/h1-13,25H,14-19H2. The van der Waals surface area contributed by atoms with E-state index in [9.17, 15) is 23.2 Å². The molecule has 41 heavy (non-hydrogen) atoms. The van der Waals surface area contributed by atoms with Crippen LogP contribution in [0.2, 0.25) is 0 Å². The van der Waals surface area contributed by atoms with E-state index in [0.29, 0.717) is 25.3 Å². The molecule has 11 heteroatoms. The van der Waals surface area contributed by atoms with Crippen LogP contribution in [0.25, 0.3) is 0 Å². The predicted octanol–water partition coefficient (Wildman–Crippen LogP) is 4.32. The van der Waals surface area contributed by atoms with Gasteiger partial charge in [-0.1, -0.05) is 42.5 Å². The number of benzene rings is 3. The maximum Gasteiger partial charge on any atom is 0.422 e. The van der Waals surface area contributed by atoms with Gasteiger partial charge in [-0.2, -0.15) is 4.90 Å². The number of ether oxygens (including phenoxy) is 4. The van der Waals surface area contributed by atoms with E-state index in [0.717, 1.165) is 16.0 Å². The van der Waals surface area contributed by atoms with Crippen LogP contribution in [-0.4, -0.2) is 60.7 Å². The van der Waals surface area contributed by atoms with Crippen molar-refractivity contribution in [3.63, 3.8) is 0 Å². The van der Waals surface area contributed by atoms with Crippen LogP contribution in [0.5, 0.6) is 0 Å². The molecule has 0 saturated carbocycles. The highest BCUT2D eigenvalue weighted by atomic mass is 19.1. The summed E-state index contributed by atoms with van der Waals surface area (Å²) in [7, 11) is 0. The largest absolute Gasteiger partial charge is 0.431 e. The van der Waals surface area contributed by atoms with Gasteiger partial charge in [-0.3, -0.25) is 0 Å². The Bertz CT molecular complexity index is 1380. The van der Waals surface area contributed by atoms with Crippen molar-refractivity contribution in [1.82, 2.24) is 4.90 Å². The van der Waals surface area contributed by atoms with Gasteiger partial charge in [0, 0.05) is 32.5 Å². The Morgan fingerprint density at radius 3 is 1.83 bits per heavy atom. The van der Waals surface area contributed by atoms with Crippen LogP contribution in [0, 0.1) is 11.6 Å². The van der Waals surface area contributed by atoms with Crippen molar-refractivity contribution < 1.29 is 42.1 Å². The lowest BCUT2D eigenvalue weighted by Gasteiger charge is -2.43. The average Bonchev–Trinajstić information content (AvgIpc) is 3.39. The minimum atomic E-state index is -2.04. The van der Waals surface area contributed by atoms with Gasteiger partial charge in [0.05, 0.1) is 12.3 Å². The number of hydrogen-bond acceptors (Lipinski definition) is 8. The number of carbonyl (C=O) groups is 3. The van der Waals surface area contributed by atoms with Gasteiger partial charge in [0.1, 0.15) is 17.7 Å². The molecule has 3 fully saturated rings. The smallest absolute Gasteiger partial charge is 0.422 e. The number of para-hydroxylation sites is 1. The Balaban J connectivity index is 1.15. The molecule has 0 aliphatic carbocycles. The molecule has 0 aromatic heterocycles. The van der Waals surface area contributed by atoms with Crippen LogP contribution in [0.1, 0.15) is 30.1 Å². The van der Waals surface area contributed by atoms with Crippen molar-refractivity contribution in [1.29, 1.82) is 0 Å². The zero-order valence-electron chi connectivity index (χ0n) is 21.8. The molecule has 0 atom stereocenters. The van der Waals surface area contributed by atoms with Crippen LogP contribution < -0.4 is 4.90 Å². The number of carbonyl (C=O) groups excluding carboxylic acids is 3. The van der Waals surface area contributed by atoms with E-state index in [1.807, 2.05) is 0 Å². The Hall–Kier alpha value is -4.35. The quantitative estimate of drug-likeness (QED) is 0.310. The molecule has 0 bridgehead atoms. The Morgan fingerprint density at radius 1 is 0.756 bits per heavy atom. The lowest BCUT2D eigenvalue weighted by molar-refractivity contribution is -0.241. The van der Waals surface area contributed by atoms with Gasteiger partial charge in [0.25, 0.3) is 0 Å². The maximum atomic E-state index is 13.5. The fraction of sp³-hybridized carbons (Fsp3) is 0.300. The van der Waals surface area contributed by atoms with Crippen LogP contribution in [0.3, 0.4) is 0 Å². The van der Waals surface area contributed by atoms with E-state index < -0.39 is 35.6 Å². The monoisotopic (exact) mass is 564 g/mol. The van der Waals surface area contributed by atoms with E-state index >= 15 is 0 Å². The molecule has 3 heterocycles. The van der Waals surface area contributed by atoms with Gasteiger partial charge < -0.3 is 23.8 Å². The topological polar surface area (TPSA) is 94.6 Å². The van der Waals surface area contributed by atoms with Crippen LogP contribution in [0.15, 0.2) is 78.9 Å². The molecule has 6 rings (SSSR count). The summed E-state index contributed by atoms with van der Waals surface area (Å²) in [4.78, 5) is 40.7. The molecule has 3 aromatic carbocycles. The zero-order valence-corrected chi connectivity index (χ0v) is 21.8. The number of esters is 2. The number of halogens is 2. The second kappa shape index (κ2) is 10.6. The van der Waals surface area contributed by atoms with Crippen molar-refractivity contribution in [3.8, 4) is 0 Å². The Kier molecular flexibility index (Phi) is 6.92. The normalized spacial score (nSPS) is 19.6. The summed E-state index contributed by atoms with van der Waals surface area (Å²) in [6.07, 6.45) is -0.871. The molecular weight excluding hydrogens is 538 g/mol. The molecule has 3 aliphatic rings. The van der Waals surface area contributed by atoms with Gasteiger partial charge in [-0.25, -0.2) is 23.2 Å². The van der Waals surface area contributed by atoms with E-state index in [2.05, 4.69) is 4.90 Å². The van der Waals surface area contributed by atoms with Crippen LogP contribution >= 0.6 is 0 Å². The highest BCUT2D eigenvalue weighted by Gasteiger charge is 2.75. The number of hydrogen-bond donors (Lipinski definition) is 0. The van der Waals surface area contributed by atoms with E-state index in [1.54, 1.807) is 54.6 Å². The molecule has 3 aliphatic heterocycles. The van der Waals surface area contributed by atoms with Crippen molar-refractivity contribution in [2.24, 2.45) is 0 Å². The number of piperidine rings is 1. The zero-order chi connectivity index (χ0) is 28.6. The second-order valence-electron chi connectivity index (χ2n) is 10.1. The van der Waals surface area contributed by atoms with Crippen molar-refractivity contribution >= 4 is 23.7 Å². The SMILES string of the molecule is O=C1OC2(OC1=O)N(c1ccccc1)C(=O)OC21CCN(CCOC(c2ccc(F)cc2)c2ccc(F)cc2)CC1. The fourth-order valence-corrected chi connectivity index (χ4v) is 5.60. The predicted molar refractivity (Wildman–Crippen MR) is 139 cm³/mol. The number of anilines is 1. The van der Waals surface area contributed by atoms with Crippen molar-refractivity contribution in [2.45, 2.75) is 30.5 Å². The van der Waals surface area contributed by atoms with Crippen molar-refractivity contribution in [3.05, 3.63) is 102 Å². The molecular formula is C30H26F2N2O7. The van der Waals surface area contributed by atoms with Crippen LogP contribution in [0.4, 0.5) is 19.3 Å². The molecule has 1 amide bonds. The molecule has 212 valence electrons. The molecule has 2 spiro atoms. The van der Waals surface area contributed by atoms with Crippen molar-refractivity contribution in [2.75, 3.05) is 31.1 Å². The van der Waals surface area contributed by atoms with Gasteiger partial charge in [0.2, 0.25) is 5.60 Å². The summed E-state index contributed by atoms with van der Waals surface area (Å²) in [5.74, 6) is -5.16. The molecule has 0 radical (unpaired) electrons. The van der Waals surface area contributed by atoms with E-state index in [4.69, 9.17) is 18.9 Å². The molecule has 3 saturated heterocycles. The van der Waals surface area contributed by atoms with Gasteiger partial charge >= 0.3 is 23.9 Å². The first kappa shape index (κ1) is 26.9. The molecule has 3 aromatic rings. The minimum Gasteiger partial charge on any atom is -0.431 e. The average molecular weight is 565 g/mol. The summed E-state index contributed by atoms with van der Waals surface area (Å²) in [5.41, 5.74) is 0.409. The minimum absolute atomic E-state index is 0.224. The number of rotatable bonds is 7. The summed E-state index contributed by atoms with van der Waals surface area (Å²) in [5, 5.41) is 0. The summed E-state index contributed by atoms with van der Waals surface area (Å²) in [6, 6.07) is 20.3. The summed E-state index contributed by atoms with van der Waals surface area (Å²) in [6.45, 7) is 1.64. The van der Waals surface area contributed by atoms with E-state index in [1.165, 1.54) is 24.3 Å². The second-order valence-corrected chi connectivity index (χ2v) is 10.1. The number of amides is 1. The number of fused-ring (bicyclic) bond motifs is 1. The first-order valence-electron chi connectivity index (χ1n) is 13.2. The molecule has 0 N–H and O–H groups in total. The van der Waals surface area contributed by atoms with Gasteiger partial charge in [-0.05, 0) is 47.5 Å². The lowest BCUT2D eigenvalue weighted by atomic mass is 9.87. The third-order valence-corrected chi connectivity index (χ3v) is 7.68. The first-order chi connectivity index (χ1) is 19.8.